The molecule has 1 saturated heterocycles. The fourth-order valence-electron chi connectivity index (χ4n) is 2.29. The van der Waals surface area contributed by atoms with Crippen LogP contribution in [0.25, 0.3) is 0 Å². The summed E-state index contributed by atoms with van der Waals surface area (Å²) in [7, 11) is 0. The normalized spacial score (nSPS) is 14.0. The highest BCUT2D eigenvalue weighted by molar-refractivity contribution is 5.64. The number of hydrogen-bond donors (Lipinski definition) is 0. The van der Waals surface area contributed by atoms with Gasteiger partial charge >= 0.3 is 5.69 Å². The van der Waals surface area contributed by atoms with Crippen molar-refractivity contribution < 1.29 is 9.66 Å². The fraction of sp³-hybridized carbons (Fsp3) is 0.250. The largest absolute Gasteiger partial charge is 0.378 e. The van der Waals surface area contributed by atoms with E-state index in [2.05, 4.69) is 21.8 Å². The summed E-state index contributed by atoms with van der Waals surface area (Å²) in [5, 5.41) is 11.5. The van der Waals surface area contributed by atoms with Crippen LogP contribution < -0.4 is 4.90 Å². The van der Waals surface area contributed by atoms with Gasteiger partial charge in [-0.25, -0.2) is 9.97 Å². The zero-order chi connectivity index (χ0) is 16.1. The molecule has 3 rings (SSSR count). The Hall–Kier alpha value is -2.98. The Morgan fingerprint density at radius 2 is 1.87 bits per heavy atom. The average Bonchev–Trinajstić information content (AvgIpc) is 2.61. The van der Waals surface area contributed by atoms with Gasteiger partial charge < -0.3 is 9.64 Å². The highest BCUT2D eigenvalue weighted by Crippen LogP contribution is 2.28. The number of ether oxygens (including phenoxy) is 1. The predicted octanol–water partition coefficient (Wildman–Crippen LogP) is 1.62. The van der Waals surface area contributed by atoms with Gasteiger partial charge in [0.15, 0.2) is 5.69 Å². The van der Waals surface area contributed by atoms with Crippen molar-refractivity contribution in [2.75, 3.05) is 31.2 Å². The van der Waals surface area contributed by atoms with Gasteiger partial charge in [0, 0.05) is 18.7 Å². The maximum Gasteiger partial charge on any atom is 0.345 e. The molecule has 0 saturated carbocycles. The zero-order valence-electron chi connectivity index (χ0n) is 12.3. The minimum Gasteiger partial charge on any atom is -0.378 e. The molecule has 0 aliphatic carbocycles. The Kier molecular flexibility index (Phi) is 4.45. The number of benzene rings is 1. The molecule has 2 heterocycles. The van der Waals surface area contributed by atoms with Crippen LogP contribution in [0, 0.1) is 22.0 Å². The molecule has 23 heavy (non-hydrogen) atoms. The van der Waals surface area contributed by atoms with Crippen LogP contribution in [0.1, 0.15) is 11.3 Å². The Morgan fingerprint density at radius 3 is 2.57 bits per heavy atom. The number of hydrogen-bond acceptors (Lipinski definition) is 6. The lowest BCUT2D eigenvalue weighted by Crippen LogP contribution is -2.37. The molecule has 7 heteroatoms. The second kappa shape index (κ2) is 6.85. The van der Waals surface area contributed by atoms with Crippen molar-refractivity contribution in [3.05, 3.63) is 58.0 Å². The minimum absolute atomic E-state index is 0.121. The van der Waals surface area contributed by atoms with Gasteiger partial charge in [0.2, 0.25) is 5.82 Å². The van der Waals surface area contributed by atoms with Crippen molar-refractivity contribution in [2.24, 2.45) is 0 Å². The number of nitrogens with zero attached hydrogens (tertiary/aromatic N) is 4. The molecule has 1 aromatic heterocycles. The molecule has 0 unspecified atom stereocenters. The van der Waals surface area contributed by atoms with Crippen molar-refractivity contribution in [3.8, 4) is 11.8 Å². The second-order valence-electron chi connectivity index (χ2n) is 4.87. The van der Waals surface area contributed by atoms with E-state index < -0.39 is 4.92 Å². The maximum atomic E-state index is 11.5. The Bertz CT molecular complexity index is 762. The molecule has 0 amide bonds. The lowest BCUT2D eigenvalue weighted by atomic mass is 10.2. The summed E-state index contributed by atoms with van der Waals surface area (Å²) in [6, 6.07) is 9.27. The van der Waals surface area contributed by atoms with Crippen LogP contribution in [0.15, 0.2) is 36.7 Å². The number of aromatic nitrogens is 2. The summed E-state index contributed by atoms with van der Waals surface area (Å²) in [5.74, 6) is 5.99. The van der Waals surface area contributed by atoms with Crippen LogP contribution in [-0.4, -0.2) is 41.2 Å². The third-order valence-electron chi connectivity index (χ3n) is 3.40. The number of rotatable bonds is 2. The Morgan fingerprint density at radius 1 is 1.13 bits per heavy atom. The van der Waals surface area contributed by atoms with Gasteiger partial charge in [-0.15, -0.1) is 0 Å². The molecule has 2 aromatic rings. The molecule has 1 aliphatic rings. The zero-order valence-corrected chi connectivity index (χ0v) is 12.3. The van der Waals surface area contributed by atoms with E-state index in [-0.39, 0.29) is 11.4 Å². The molecule has 1 aromatic carbocycles. The summed E-state index contributed by atoms with van der Waals surface area (Å²) >= 11 is 0. The summed E-state index contributed by atoms with van der Waals surface area (Å²) in [6.45, 7) is 2.16. The van der Waals surface area contributed by atoms with E-state index in [0.717, 1.165) is 5.56 Å². The highest BCUT2D eigenvalue weighted by atomic mass is 16.6. The van der Waals surface area contributed by atoms with Gasteiger partial charge in [-0.2, -0.15) is 0 Å². The Labute approximate surface area is 133 Å². The first-order valence-corrected chi connectivity index (χ1v) is 7.15. The molecule has 0 radical (unpaired) electrons. The van der Waals surface area contributed by atoms with E-state index in [9.17, 15) is 10.1 Å². The smallest absolute Gasteiger partial charge is 0.345 e. The van der Waals surface area contributed by atoms with Gasteiger partial charge in [-0.05, 0) is 18.1 Å². The lowest BCUT2D eigenvalue weighted by Gasteiger charge is -2.27. The van der Waals surface area contributed by atoms with Crippen molar-refractivity contribution in [1.82, 2.24) is 9.97 Å². The first kappa shape index (κ1) is 14.9. The standard InChI is InChI=1S/C16H14N4O3/c21-20(22)15-14(7-6-13-4-2-1-3-5-13)17-12-18-16(15)19-8-10-23-11-9-19/h1-5,12H,8-11H2. The monoisotopic (exact) mass is 310 g/mol. The molecule has 1 fully saturated rings. The Balaban J connectivity index is 2.00. The maximum absolute atomic E-state index is 11.5. The van der Waals surface area contributed by atoms with Crippen LogP contribution in [0.3, 0.4) is 0 Å². The van der Waals surface area contributed by atoms with Crippen LogP contribution in [0.5, 0.6) is 0 Å². The average molecular weight is 310 g/mol. The van der Waals surface area contributed by atoms with E-state index in [0.29, 0.717) is 32.1 Å². The minimum atomic E-state index is -0.472. The van der Waals surface area contributed by atoms with Crippen molar-refractivity contribution in [2.45, 2.75) is 0 Å². The third-order valence-corrected chi connectivity index (χ3v) is 3.40. The van der Waals surface area contributed by atoms with Crippen molar-refractivity contribution in [1.29, 1.82) is 0 Å². The highest BCUT2D eigenvalue weighted by Gasteiger charge is 2.27. The van der Waals surface area contributed by atoms with Gasteiger partial charge in [0.25, 0.3) is 0 Å². The number of nitro groups is 1. The predicted molar refractivity (Wildman–Crippen MR) is 84.1 cm³/mol. The molecule has 0 atom stereocenters. The molecule has 7 nitrogen and oxygen atoms in total. The van der Waals surface area contributed by atoms with Crippen molar-refractivity contribution >= 4 is 11.5 Å². The molecule has 0 spiro atoms. The molecule has 1 aliphatic heterocycles. The van der Waals surface area contributed by atoms with Crippen LogP contribution in [-0.2, 0) is 4.74 Å². The second-order valence-corrected chi connectivity index (χ2v) is 4.87. The third kappa shape index (κ3) is 3.44. The first-order chi connectivity index (χ1) is 11.3. The van der Waals surface area contributed by atoms with Gasteiger partial charge in [0.05, 0.1) is 18.1 Å². The van der Waals surface area contributed by atoms with E-state index in [4.69, 9.17) is 4.74 Å². The molecular weight excluding hydrogens is 296 g/mol. The molecule has 116 valence electrons. The number of anilines is 1. The SMILES string of the molecule is O=[N+]([O-])c1c(C#Cc2ccccc2)ncnc1N1CCOCC1. The summed E-state index contributed by atoms with van der Waals surface area (Å²) in [4.78, 5) is 20.9. The molecular formula is C16H14N4O3. The summed E-state index contributed by atoms with van der Waals surface area (Å²) in [6.07, 6.45) is 1.31. The lowest BCUT2D eigenvalue weighted by molar-refractivity contribution is -0.384. The topological polar surface area (TPSA) is 81.4 Å². The van der Waals surface area contributed by atoms with E-state index in [1.54, 1.807) is 0 Å². The summed E-state index contributed by atoms with van der Waals surface area (Å²) < 4.78 is 5.27. The van der Waals surface area contributed by atoms with Crippen molar-refractivity contribution in [3.63, 3.8) is 0 Å². The van der Waals surface area contributed by atoms with Gasteiger partial charge in [-0.3, -0.25) is 10.1 Å². The first-order valence-electron chi connectivity index (χ1n) is 7.15. The van der Waals surface area contributed by atoms with E-state index in [1.165, 1.54) is 6.33 Å². The van der Waals surface area contributed by atoms with E-state index >= 15 is 0 Å². The molecule has 0 bridgehead atoms. The quantitative estimate of drug-likeness (QED) is 0.476. The van der Waals surface area contributed by atoms with Crippen LogP contribution in [0.4, 0.5) is 11.5 Å². The number of morpholine rings is 1. The van der Waals surface area contributed by atoms with Gasteiger partial charge in [-0.1, -0.05) is 24.1 Å². The molecule has 0 N–H and O–H groups in total. The fourth-order valence-corrected chi connectivity index (χ4v) is 2.29. The van der Waals surface area contributed by atoms with E-state index in [1.807, 2.05) is 35.2 Å². The van der Waals surface area contributed by atoms with Crippen LogP contribution in [0.2, 0.25) is 0 Å². The summed E-state index contributed by atoms with van der Waals surface area (Å²) in [5.41, 5.74) is 0.738. The van der Waals surface area contributed by atoms with Gasteiger partial charge in [0.1, 0.15) is 6.33 Å². The van der Waals surface area contributed by atoms with Crippen LogP contribution >= 0.6 is 0 Å².